The first-order valence-electron chi connectivity index (χ1n) is 7.60. The molecule has 0 aliphatic heterocycles. The molecule has 0 aliphatic rings. The van der Waals surface area contributed by atoms with Gasteiger partial charge in [0.05, 0.1) is 10.7 Å². The summed E-state index contributed by atoms with van der Waals surface area (Å²) < 4.78 is 5.51. The normalized spacial score (nSPS) is 10.5. The summed E-state index contributed by atoms with van der Waals surface area (Å²) in [6.45, 7) is 1.69. The van der Waals surface area contributed by atoms with E-state index >= 15 is 0 Å². The van der Waals surface area contributed by atoms with E-state index < -0.39 is 10.8 Å². The number of nitro groups is 1. The van der Waals surface area contributed by atoms with Crippen LogP contribution in [0.15, 0.2) is 58.2 Å². The number of aryl methyl sites for hydroxylation is 1. The van der Waals surface area contributed by atoms with E-state index in [-0.39, 0.29) is 22.4 Å². The van der Waals surface area contributed by atoms with Crippen molar-refractivity contribution in [1.29, 1.82) is 0 Å². The lowest BCUT2D eigenvalue weighted by Crippen LogP contribution is -2.16. The van der Waals surface area contributed by atoms with E-state index in [0.29, 0.717) is 11.5 Å². The number of carbonyl (C=O) groups is 1. The number of para-hydroxylation sites is 1. The van der Waals surface area contributed by atoms with Crippen LogP contribution < -0.4 is 5.32 Å². The number of nitrogens with zero attached hydrogens (tertiary/aromatic N) is 3. The molecule has 26 heavy (non-hydrogen) atoms. The monoisotopic (exact) mass is 370 g/mol. The minimum Gasteiger partial charge on any atom is -0.411 e. The maximum Gasteiger partial charge on any atom is 0.293 e. The zero-order chi connectivity index (χ0) is 18.5. The minimum atomic E-state index is -0.528. The highest BCUT2D eigenvalue weighted by Crippen LogP contribution is 2.28. The molecular weight excluding hydrogens is 356 g/mol. The molecule has 0 saturated carbocycles. The summed E-state index contributed by atoms with van der Waals surface area (Å²) in [4.78, 5) is 22.7. The van der Waals surface area contributed by atoms with Gasteiger partial charge in [-0.05, 0) is 24.6 Å². The molecule has 1 heterocycles. The van der Waals surface area contributed by atoms with Crippen LogP contribution in [0.25, 0.3) is 11.5 Å². The first kappa shape index (κ1) is 17.6. The molecule has 8 nitrogen and oxygen atoms in total. The maximum absolute atomic E-state index is 12.1. The van der Waals surface area contributed by atoms with Crippen LogP contribution in [0.1, 0.15) is 5.56 Å². The van der Waals surface area contributed by atoms with Gasteiger partial charge in [-0.15, -0.1) is 10.2 Å². The molecule has 1 N–H and O–H groups in total. The molecular formula is C17H14N4O4S. The molecule has 0 bridgehead atoms. The average molecular weight is 370 g/mol. The number of thioether (sulfide) groups is 1. The lowest BCUT2D eigenvalue weighted by atomic mass is 10.1. The Labute approximate surface area is 152 Å². The molecule has 0 fully saturated rings. The van der Waals surface area contributed by atoms with E-state index in [4.69, 9.17) is 4.42 Å². The molecule has 0 saturated heterocycles. The van der Waals surface area contributed by atoms with Crippen LogP contribution in [0.2, 0.25) is 0 Å². The number of nitro benzene ring substituents is 1. The maximum atomic E-state index is 12.1. The fourth-order valence-electron chi connectivity index (χ4n) is 2.24. The van der Waals surface area contributed by atoms with Crippen LogP contribution in [-0.2, 0) is 4.79 Å². The van der Waals surface area contributed by atoms with Crippen molar-refractivity contribution in [3.8, 4) is 11.5 Å². The summed E-state index contributed by atoms with van der Waals surface area (Å²) in [5.74, 6) is -0.0445. The predicted octanol–water partition coefficient (Wildman–Crippen LogP) is 3.68. The van der Waals surface area contributed by atoms with Crippen LogP contribution in [0.4, 0.5) is 11.4 Å². The predicted molar refractivity (Wildman–Crippen MR) is 96.9 cm³/mol. The van der Waals surface area contributed by atoms with Gasteiger partial charge in [-0.3, -0.25) is 14.9 Å². The van der Waals surface area contributed by atoms with Gasteiger partial charge < -0.3 is 9.73 Å². The number of amides is 1. The zero-order valence-corrected chi connectivity index (χ0v) is 14.5. The highest BCUT2D eigenvalue weighted by Gasteiger charge is 2.18. The van der Waals surface area contributed by atoms with Gasteiger partial charge in [0.25, 0.3) is 10.9 Å². The first-order chi connectivity index (χ1) is 12.5. The fraction of sp³-hybridized carbons (Fsp3) is 0.118. The summed E-state index contributed by atoms with van der Waals surface area (Å²) in [5, 5.41) is 21.7. The highest BCUT2D eigenvalue weighted by atomic mass is 32.2. The second-order valence-electron chi connectivity index (χ2n) is 5.30. The van der Waals surface area contributed by atoms with E-state index in [2.05, 4.69) is 15.5 Å². The van der Waals surface area contributed by atoms with Crippen molar-refractivity contribution < 1.29 is 14.1 Å². The van der Waals surface area contributed by atoms with Crippen LogP contribution >= 0.6 is 11.8 Å². The number of hydrogen-bond donors (Lipinski definition) is 1. The summed E-state index contributed by atoms with van der Waals surface area (Å²) in [6.07, 6.45) is 0. The number of carbonyl (C=O) groups excluding carboxylic acids is 1. The molecule has 1 amide bonds. The molecule has 2 aromatic carbocycles. The number of benzene rings is 2. The van der Waals surface area contributed by atoms with Crippen molar-refractivity contribution in [3.05, 3.63) is 64.2 Å². The van der Waals surface area contributed by atoms with Crippen molar-refractivity contribution in [2.24, 2.45) is 0 Å². The lowest BCUT2D eigenvalue weighted by molar-refractivity contribution is -0.384. The Hall–Kier alpha value is -3.20. The Kier molecular flexibility index (Phi) is 5.28. The van der Waals surface area contributed by atoms with Gasteiger partial charge in [0, 0.05) is 11.6 Å². The van der Waals surface area contributed by atoms with Crippen molar-refractivity contribution in [1.82, 2.24) is 10.2 Å². The third-order valence-corrected chi connectivity index (χ3v) is 4.28. The van der Waals surface area contributed by atoms with Crippen LogP contribution in [0, 0.1) is 17.0 Å². The van der Waals surface area contributed by atoms with Gasteiger partial charge in [-0.25, -0.2) is 0 Å². The Balaban J connectivity index is 1.64. The summed E-state index contributed by atoms with van der Waals surface area (Å²) in [6, 6.07) is 13.9. The number of nitrogens with one attached hydrogen (secondary N) is 1. The summed E-state index contributed by atoms with van der Waals surface area (Å²) >= 11 is 1.06. The van der Waals surface area contributed by atoms with Gasteiger partial charge in [-0.1, -0.05) is 42.1 Å². The standard InChI is InChI=1S/C17H14N4O4S/c1-11-6-5-9-13(21(23)24)15(11)18-14(22)10-26-17-20-19-16(25-17)12-7-3-2-4-8-12/h2-9H,10H2,1H3,(H,18,22). The number of hydrogen-bond acceptors (Lipinski definition) is 7. The van der Waals surface area contributed by atoms with E-state index in [1.165, 1.54) is 6.07 Å². The average Bonchev–Trinajstić information content (AvgIpc) is 3.11. The van der Waals surface area contributed by atoms with Gasteiger partial charge in [-0.2, -0.15) is 0 Å². The highest BCUT2D eigenvalue weighted by molar-refractivity contribution is 7.99. The van der Waals surface area contributed by atoms with Crippen molar-refractivity contribution in [3.63, 3.8) is 0 Å². The van der Waals surface area contributed by atoms with Crippen LogP contribution in [0.3, 0.4) is 0 Å². The minimum absolute atomic E-state index is 0.0120. The third-order valence-electron chi connectivity index (χ3n) is 3.47. The topological polar surface area (TPSA) is 111 Å². The van der Waals surface area contributed by atoms with Crippen molar-refractivity contribution in [2.45, 2.75) is 12.1 Å². The Bertz CT molecular complexity index is 943. The van der Waals surface area contributed by atoms with E-state index in [0.717, 1.165) is 17.3 Å². The summed E-state index contributed by atoms with van der Waals surface area (Å²) in [5.41, 5.74) is 1.44. The Morgan fingerprint density at radius 2 is 1.96 bits per heavy atom. The molecule has 3 rings (SSSR count). The molecule has 0 spiro atoms. The van der Waals surface area contributed by atoms with Gasteiger partial charge in [0.1, 0.15) is 5.69 Å². The largest absolute Gasteiger partial charge is 0.411 e. The van der Waals surface area contributed by atoms with E-state index in [9.17, 15) is 14.9 Å². The summed E-state index contributed by atoms with van der Waals surface area (Å²) in [7, 11) is 0. The molecule has 0 aliphatic carbocycles. The number of aromatic nitrogens is 2. The second-order valence-corrected chi connectivity index (χ2v) is 6.23. The molecule has 0 radical (unpaired) electrons. The number of rotatable bonds is 6. The van der Waals surface area contributed by atoms with Crippen molar-refractivity contribution >= 4 is 29.0 Å². The molecule has 0 atom stereocenters. The van der Waals surface area contributed by atoms with Crippen LogP contribution in [-0.4, -0.2) is 26.8 Å². The smallest absolute Gasteiger partial charge is 0.293 e. The first-order valence-corrected chi connectivity index (χ1v) is 8.58. The molecule has 9 heteroatoms. The molecule has 3 aromatic rings. The van der Waals surface area contributed by atoms with Crippen LogP contribution in [0.5, 0.6) is 0 Å². The van der Waals surface area contributed by atoms with E-state index in [1.54, 1.807) is 19.1 Å². The van der Waals surface area contributed by atoms with E-state index in [1.807, 2.05) is 30.3 Å². The molecule has 132 valence electrons. The zero-order valence-electron chi connectivity index (χ0n) is 13.7. The van der Waals surface area contributed by atoms with Gasteiger partial charge in [0.15, 0.2) is 0 Å². The lowest BCUT2D eigenvalue weighted by Gasteiger charge is -2.08. The quantitative estimate of drug-likeness (QED) is 0.400. The van der Waals surface area contributed by atoms with Gasteiger partial charge in [0.2, 0.25) is 11.8 Å². The SMILES string of the molecule is Cc1cccc([N+](=O)[O-])c1NC(=O)CSc1nnc(-c2ccccc2)o1. The second kappa shape index (κ2) is 7.79. The van der Waals surface area contributed by atoms with Gasteiger partial charge >= 0.3 is 0 Å². The van der Waals surface area contributed by atoms with Crippen molar-refractivity contribution in [2.75, 3.05) is 11.1 Å². The number of anilines is 1. The third kappa shape index (κ3) is 4.06. The molecule has 0 unspecified atom stereocenters. The fourth-order valence-corrected chi connectivity index (χ4v) is 2.80. The Morgan fingerprint density at radius 1 is 1.19 bits per heavy atom. The molecule has 1 aromatic heterocycles. The Morgan fingerprint density at radius 3 is 2.69 bits per heavy atom.